The minimum atomic E-state index is -0.603. The molecule has 0 aromatic rings. The van der Waals surface area contributed by atoms with Gasteiger partial charge in [-0.3, -0.25) is 10.1 Å². The summed E-state index contributed by atoms with van der Waals surface area (Å²) in [5.74, 6) is 0.986. The van der Waals surface area contributed by atoms with Crippen molar-refractivity contribution in [3.8, 4) is 0 Å². The number of nitrogens with zero attached hydrogens (tertiary/aromatic N) is 1. The molecule has 1 fully saturated rings. The van der Waals surface area contributed by atoms with Crippen molar-refractivity contribution in [1.29, 1.82) is 0 Å². The van der Waals surface area contributed by atoms with Gasteiger partial charge in [-0.15, -0.1) is 11.8 Å². The monoisotopic (exact) mass is 247 g/mol. The first kappa shape index (κ1) is 13.4. The van der Waals surface area contributed by atoms with Gasteiger partial charge in [-0.25, -0.2) is 0 Å². The molecule has 0 saturated carbocycles. The standard InChI is InChI=1S/C10H17NO4S/c1-8(12)2-3-9(11(13)14)4-5-10-15-6-7-16-10/h9-10H,2-7H2,1H3. The first-order valence-electron chi connectivity index (χ1n) is 5.45. The third-order valence-corrected chi connectivity index (χ3v) is 3.70. The Morgan fingerprint density at radius 3 is 2.88 bits per heavy atom. The fourth-order valence-electron chi connectivity index (χ4n) is 1.63. The molecule has 0 spiro atoms. The molecule has 2 unspecified atom stereocenters. The first-order chi connectivity index (χ1) is 7.59. The lowest BCUT2D eigenvalue weighted by Crippen LogP contribution is -2.22. The van der Waals surface area contributed by atoms with Crippen molar-refractivity contribution in [2.45, 2.75) is 44.1 Å². The molecule has 6 heteroatoms. The van der Waals surface area contributed by atoms with Crippen molar-refractivity contribution in [2.24, 2.45) is 0 Å². The maximum absolute atomic E-state index is 10.8. The minimum Gasteiger partial charge on any atom is -0.367 e. The van der Waals surface area contributed by atoms with Crippen LogP contribution in [-0.2, 0) is 9.53 Å². The van der Waals surface area contributed by atoms with Gasteiger partial charge in [0.25, 0.3) is 0 Å². The molecule has 1 heterocycles. The summed E-state index contributed by atoms with van der Waals surface area (Å²) in [6.07, 6.45) is 1.84. The summed E-state index contributed by atoms with van der Waals surface area (Å²) in [5, 5.41) is 10.8. The van der Waals surface area contributed by atoms with Crippen molar-refractivity contribution in [2.75, 3.05) is 12.4 Å². The van der Waals surface area contributed by atoms with Crippen molar-refractivity contribution >= 4 is 17.5 Å². The molecule has 5 nitrogen and oxygen atoms in total. The number of rotatable bonds is 7. The molecule has 92 valence electrons. The van der Waals surface area contributed by atoms with Gasteiger partial charge in [0.05, 0.1) is 6.61 Å². The Morgan fingerprint density at radius 1 is 1.62 bits per heavy atom. The molecule has 1 aliphatic rings. The molecule has 0 aromatic heterocycles. The van der Waals surface area contributed by atoms with Crippen LogP contribution in [-0.4, -0.2) is 34.5 Å². The Kier molecular flexibility index (Phi) is 5.76. The van der Waals surface area contributed by atoms with Crippen LogP contribution in [0, 0.1) is 10.1 Å². The molecular formula is C10H17NO4S. The third-order valence-electron chi connectivity index (χ3n) is 2.55. The zero-order valence-electron chi connectivity index (χ0n) is 9.39. The van der Waals surface area contributed by atoms with E-state index in [1.807, 2.05) is 0 Å². The molecule has 0 bridgehead atoms. The van der Waals surface area contributed by atoms with Crippen LogP contribution in [0.3, 0.4) is 0 Å². The highest BCUT2D eigenvalue weighted by atomic mass is 32.2. The van der Waals surface area contributed by atoms with E-state index in [0.29, 0.717) is 25.7 Å². The number of Topliss-reactive ketones (excluding diaryl/α,β-unsaturated/α-hetero) is 1. The SMILES string of the molecule is CC(=O)CCC(CCC1OCCS1)[N+](=O)[O-]. The zero-order valence-corrected chi connectivity index (χ0v) is 10.2. The van der Waals surface area contributed by atoms with Crippen LogP contribution in [0.4, 0.5) is 0 Å². The number of carbonyl (C=O) groups excluding carboxylic acids is 1. The molecule has 1 saturated heterocycles. The maximum Gasteiger partial charge on any atom is 0.213 e. The van der Waals surface area contributed by atoms with E-state index in [2.05, 4.69) is 0 Å². The van der Waals surface area contributed by atoms with Crippen LogP contribution in [0.2, 0.25) is 0 Å². The largest absolute Gasteiger partial charge is 0.367 e. The van der Waals surface area contributed by atoms with E-state index >= 15 is 0 Å². The summed E-state index contributed by atoms with van der Waals surface area (Å²) in [6, 6.07) is -0.603. The Morgan fingerprint density at radius 2 is 2.38 bits per heavy atom. The van der Waals surface area contributed by atoms with Gasteiger partial charge in [0.15, 0.2) is 0 Å². The molecule has 2 atom stereocenters. The lowest BCUT2D eigenvalue weighted by molar-refractivity contribution is -0.524. The Hall–Kier alpha value is -0.620. The highest BCUT2D eigenvalue weighted by Gasteiger charge is 2.24. The fourth-order valence-corrected chi connectivity index (χ4v) is 2.58. The van der Waals surface area contributed by atoms with Crippen LogP contribution in [0.15, 0.2) is 0 Å². The van der Waals surface area contributed by atoms with Crippen molar-refractivity contribution in [1.82, 2.24) is 0 Å². The zero-order chi connectivity index (χ0) is 12.0. The molecule has 1 rings (SSSR count). The number of hydrogen-bond acceptors (Lipinski definition) is 5. The van der Waals surface area contributed by atoms with Crippen molar-refractivity contribution in [3.05, 3.63) is 10.1 Å². The average Bonchev–Trinajstić information content (AvgIpc) is 2.69. The van der Waals surface area contributed by atoms with E-state index < -0.39 is 6.04 Å². The predicted molar refractivity (Wildman–Crippen MR) is 62.1 cm³/mol. The van der Waals surface area contributed by atoms with Crippen LogP contribution < -0.4 is 0 Å². The summed E-state index contributed by atoms with van der Waals surface area (Å²) in [7, 11) is 0. The first-order valence-corrected chi connectivity index (χ1v) is 6.50. The Balaban J connectivity index is 2.26. The van der Waals surface area contributed by atoms with E-state index in [0.717, 1.165) is 12.4 Å². The lowest BCUT2D eigenvalue weighted by atomic mass is 10.1. The number of carbonyl (C=O) groups is 1. The molecule has 0 amide bonds. The number of nitro groups is 1. The summed E-state index contributed by atoms with van der Waals surface area (Å²) in [4.78, 5) is 21.3. The number of thioether (sulfide) groups is 1. The smallest absolute Gasteiger partial charge is 0.213 e. The van der Waals surface area contributed by atoms with E-state index in [-0.39, 0.29) is 16.1 Å². The van der Waals surface area contributed by atoms with E-state index in [1.54, 1.807) is 11.8 Å². The number of hydrogen-bond donors (Lipinski definition) is 0. The topological polar surface area (TPSA) is 69.4 Å². The van der Waals surface area contributed by atoms with Gasteiger partial charge in [-0.1, -0.05) is 0 Å². The molecule has 0 aromatic carbocycles. The number of ether oxygens (including phenoxy) is 1. The van der Waals surface area contributed by atoms with Gasteiger partial charge in [0.1, 0.15) is 11.2 Å². The molecule has 16 heavy (non-hydrogen) atoms. The highest BCUT2D eigenvalue weighted by molar-refractivity contribution is 7.99. The van der Waals surface area contributed by atoms with Gasteiger partial charge in [-0.05, 0) is 13.3 Å². The second-order valence-electron chi connectivity index (χ2n) is 3.93. The van der Waals surface area contributed by atoms with Gasteiger partial charge < -0.3 is 9.53 Å². The average molecular weight is 247 g/mol. The summed E-state index contributed by atoms with van der Waals surface area (Å²) < 4.78 is 5.38. The summed E-state index contributed by atoms with van der Waals surface area (Å²) in [5.41, 5.74) is 0.111. The van der Waals surface area contributed by atoms with Crippen LogP contribution in [0.1, 0.15) is 32.6 Å². The van der Waals surface area contributed by atoms with Crippen molar-refractivity contribution in [3.63, 3.8) is 0 Å². The maximum atomic E-state index is 10.8. The quantitative estimate of drug-likeness (QED) is 0.507. The molecule has 0 N–H and O–H groups in total. The molecular weight excluding hydrogens is 230 g/mol. The predicted octanol–water partition coefficient (Wildman–Crippen LogP) is 1.87. The van der Waals surface area contributed by atoms with Gasteiger partial charge >= 0.3 is 0 Å². The number of ketones is 1. The Labute approximate surface area is 99.1 Å². The molecule has 0 radical (unpaired) electrons. The van der Waals surface area contributed by atoms with Gasteiger partial charge in [-0.2, -0.15) is 0 Å². The van der Waals surface area contributed by atoms with Crippen LogP contribution in [0.5, 0.6) is 0 Å². The summed E-state index contributed by atoms with van der Waals surface area (Å²) >= 11 is 1.71. The van der Waals surface area contributed by atoms with Gasteiger partial charge in [0.2, 0.25) is 6.04 Å². The van der Waals surface area contributed by atoms with Crippen molar-refractivity contribution < 1.29 is 14.5 Å². The Bertz CT molecular complexity index is 253. The highest BCUT2D eigenvalue weighted by Crippen LogP contribution is 2.25. The molecule has 1 aliphatic heterocycles. The van der Waals surface area contributed by atoms with E-state index in [4.69, 9.17) is 4.74 Å². The van der Waals surface area contributed by atoms with E-state index in [1.165, 1.54) is 6.92 Å². The molecule has 0 aliphatic carbocycles. The minimum absolute atomic E-state index is 0.0124. The second kappa shape index (κ2) is 6.85. The lowest BCUT2D eigenvalue weighted by Gasteiger charge is -2.11. The third kappa shape index (κ3) is 4.94. The van der Waals surface area contributed by atoms with E-state index in [9.17, 15) is 14.9 Å². The van der Waals surface area contributed by atoms with Gasteiger partial charge in [0, 0.05) is 29.9 Å². The summed E-state index contributed by atoms with van der Waals surface area (Å²) in [6.45, 7) is 2.21. The van der Waals surface area contributed by atoms with Crippen LogP contribution in [0.25, 0.3) is 0 Å². The normalized spacial score (nSPS) is 21.9. The fraction of sp³-hybridized carbons (Fsp3) is 0.900. The second-order valence-corrected chi connectivity index (χ2v) is 5.20. The van der Waals surface area contributed by atoms with Crippen LogP contribution >= 0.6 is 11.8 Å².